The van der Waals surface area contributed by atoms with Crippen LogP contribution in [0.1, 0.15) is 16.1 Å². The first-order chi connectivity index (χ1) is 9.63. The second kappa shape index (κ2) is 6.47. The second-order valence-electron chi connectivity index (χ2n) is 4.09. The molecule has 0 aliphatic heterocycles. The van der Waals surface area contributed by atoms with Gasteiger partial charge in [0.2, 0.25) is 0 Å². The van der Waals surface area contributed by atoms with Crippen LogP contribution in [0, 0.1) is 0 Å². The van der Waals surface area contributed by atoms with Gasteiger partial charge in [-0.2, -0.15) is 0 Å². The van der Waals surface area contributed by atoms with E-state index in [0.29, 0.717) is 18.0 Å². The largest absolute Gasteiger partial charge is 0.497 e. The summed E-state index contributed by atoms with van der Waals surface area (Å²) in [5.74, 6) is 1.25. The maximum Gasteiger partial charge on any atom is 0.268 e. The van der Waals surface area contributed by atoms with Crippen LogP contribution in [0.4, 0.5) is 0 Å². The fourth-order valence-electron chi connectivity index (χ4n) is 1.79. The molecule has 0 saturated heterocycles. The molecule has 1 aromatic carbocycles. The van der Waals surface area contributed by atoms with Crippen LogP contribution >= 0.6 is 15.9 Å². The predicted octanol–water partition coefficient (Wildman–Crippen LogP) is 2.72. The molecule has 0 spiro atoms. The number of hydrogen-bond donors (Lipinski definition) is 2. The summed E-state index contributed by atoms with van der Waals surface area (Å²) in [6.45, 7) is 0.357. The maximum absolute atomic E-state index is 12.0. The van der Waals surface area contributed by atoms with Crippen molar-refractivity contribution in [3.05, 3.63) is 46.2 Å². The van der Waals surface area contributed by atoms with Crippen LogP contribution in [0.25, 0.3) is 0 Å². The highest BCUT2D eigenvalue weighted by molar-refractivity contribution is 9.10. The van der Waals surface area contributed by atoms with Crippen LogP contribution in [0.3, 0.4) is 0 Å². The highest BCUT2D eigenvalue weighted by Gasteiger charge is 2.10. The Kier molecular flexibility index (Phi) is 4.68. The van der Waals surface area contributed by atoms with Crippen LogP contribution in [0.15, 0.2) is 34.9 Å². The molecule has 0 saturated carbocycles. The van der Waals surface area contributed by atoms with Crippen molar-refractivity contribution in [3.63, 3.8) is 0 Å². The van der Waals surface area contributed by atoms with Crippen molar-refractivity contribution < 1.29 is 14.3 Å². The Bertz CT molecular complexity index is 610. The van der Waals surface area contributed by atoms with Crippen molar-refractivity contribution in [3.8, 4) is 11.5 Å². The second-order valence-corrected chi connectivity index (χ2v) is 5.01. The van der Waals surface area contributed by atoms with Gasteiger partial charge in [0.15, 0.2) is 0 Å². The summed E-state index contributed by atoms with van der Waals surface area (Å²) in [6, 6.07) is 7.18. The smallest absolute Gasteiger partial charge is 0.268 e. The standard InChI is InChI=1S/C14H15BrN2O3/c1-19-11-3-4-13(20-2)9(5-11)7-17-14(18)12-6-10(15)8-16-12/h3-6,8,16H,7H2,1-2H3,(H,17,18). The van der Waals surface area contributed by atoms with Gasteiger partial charge in [-0.15, -0.1) is 0 Å². The number of rotatable bonds is 5. The van der Waals surface area contributed by atoms with E-state index in [4.69, 9.17) is 9.47 Å². The van der Waals surface area contributed by atoms with Crippen molar-refractivity contribution in [2.45, 2.75) is 6.54 Å². The summed E-state index contributed by atoms with van der Waals surface area (Å²) in [7, 11) is 3.19. The molecule has 0 aliphatic rings. The number of aromatic nitrogens is 1. The lowest BCUT2D eigenvalue weighted by Gasteiger charge is -2.11. The lowest BCUT2D eigenvalue weighted by molar-refractivity contribution is 0.0946. The lowest BCUT2D eigenvalue weighted by atomic mass is 10.2. The van der Waals surface area contributed by atoms with Crippen LogP contribution < -0.4 is 14.8 Å². The average molecular weight is 339 g/mol. The zero-order chi connectivity index (χ0) is 14.5. The quantitative estimate of drug-likeness (QED) is 0.880. The monoisotopic (exact) mass is 338 g/mol. The molecule has 0 fully saturated rings. The van der Waals surface area contributed by atoms with Crippen LogP contribution in [0.2, 0.25) is 0 Å². The Labute approximate surface area is 125 Å². The molecular weight excluding hydrogens is 324 g/mol. The Hall–Kier alpha value is -1.95. The number of amides is 1. The number of halogens is 1. The topological polar surface area (TPSA) is 63.4 Å². The maximum atomic E-state index is 12.0. The highest BCUT2D eigenvalue weighted by Crippen LogP contribution is 2.23. The number of hydrogen-bond acceptors (Lipinski definition) is 3. The van der Waals surface area contributed by atoms with Gasteiger partial charge in [-0.05, 0) is 40.2 Å². The van der Waals surface area contributed by atoms with Gasteiger partial charge in [0.1, 0.15) is 17.2 Å². The van der Waals surface area contributed by atoms with Gasteiger partial charge in [0, 0.05) is 22.8 Å². The third-order valence-electron chi connectivity index (χ3n) is 2.82. The predicted molar refractivity (Wildman–Crippen MR) is 79.2 cm³/mol. The third kappa shape index (κ3) is 3.33. The van der Waals surface area contributed by atoms with Gasteiger partial charge in [-0.3, -0.25) is 4.79 Å². The van der Waals surface area contributed by atoms with Crippen molar-refractivity contribution in [1.82, 2.24) is 10.3 Å². The zero-order valence-electron chi connectivity index (χ0n) is 11.2. The van der Waals surface area contributed by atoms with E-state index in [0.717, 1.165) is 15.8 Å². The first kappa shape index (κ1) is 14.5. The van der Waals surface area contributed by atoms with E-state index in [1.807, 2.05) is 18.2 Å². The molecule has 1 aromatic heterocycles. The van der Waals surface area contributed by atoms with Crippen LogP contribution in [-0.2, 0) is 6.54 Å². The van der Waals surface area contributed by atoms with E-state index < -0.39 is 0 Å². The third-order valence-corrected chi connectivity index (χ3v) is 3.28. The number of nitrogens with one attached hydrogen (secondary N) is 2. The minimum Gasteiger partial charge on any atom is -0.497 e. The highest BCUT2D eigenvalue weighted by atomic mass is 79.9. The fraction of sp³-hybridized carbons (Fsp3) is 0.214. The van der Waals surface area contributed by atoms with Gasteiger partial charge in [0.25, 0.3) is 5.91 Å². The van der Waals surface area contributed by atoms with Crippen LogP contribution in [0.5, 0.6) is 11.5 Å². The normalized spacial score (nSPS) is 10.2. The average Bonchev–Trinajstić information content (AvgIpc) is 2.91. The summed E-state index contributed by atoms with van der Waals surface area (Å²) in [5, 5.41) is 2.83. The molecular formula is C14H15BrN2O3. The van der Waals surface area contributed by atoms with Crippen molar-refractivity contribution in [2.75, 3.05) is 14.2 Å². The molecule has 0 bridgehead atoms. The van der Waals surface area contributed by atoms with E-state index in [1.54, 1.807) is 26.5 Å². The number of carbonyl (C=O) groups excluding carboxylic acids is 1. The number of ether oxygens (including phenoxy) is 2. The molecule has 0 unspecified atom stereocenters. The fourth-order valence-corrected chi connectivity index (χ4v) is 2.13. The van der Waals surface area contributed by atoms with Gasteiger partial charge in [0.05, 0.1) is 14.2 Å². The molecule has 0 atom stereocenters. The first-order valence-corrected chi connectivity index (χ1v) is 6.76. The summed E-state index contributed by atoms with van der Waals surface area (Å²) < 4.78 is 11.3. The molecule has 2 rings (SSSR count). The summed E-state index contributed by atoms with van der Waals surface area (Å²) in [4.78, 5) is 14.8. The molecule has 2 N–H and O–H groups in total. The molecule has 106 valence electrons. The van der Waals surface area contributed by atoms with Gasteiger partial charge in [-0.25, -0.2) is 0 Å². The molecule has 2 aromatic rings. The Morgan fingerprint density at radius 2 is 2.10 bits per heavy atom. The molecule has 5 nitrogen and oxygen atoms in total. The van der Waals surface area contributed by atoms with E-state index in [-0.39, 0.29) is 5.91 Å². The van der Waals surface area contributed by atoms with E-state index in [1.165, 1.54) is 0 Å². The first-order valence-electron chi connectivity index (χ1n) is 5.97. The summed E-state index contributed by atoms with van der Waals surface area (Å²) in [5.41, 5.74) is 1.35. The zero-order valence-corrected chi connectivity index (χ0v) is 12.8. The molecule has 20 heavy (non-hydrogen) atoms. The SMILES string of the molecule is COc1ccc(OC)c(CNC(=O)c2cc(Br)c[nH]2)c1. The lowest BCUT2D eigenvalue weighted by Crippen LogP contribution is -2.23. The Balaban J connectivity index is 2.08. The van der Waals surface area contributed by atoms with Crippen molar-refractivity contribution >= 4 is 21.8 Å². The molecule has 0 aliphatic carbocycles. The minimum absolute atomic E-state index is 0.180. The van der Waals surface area contributed by atoms with E-state index in [9.17, 15) is 4.79 Å². The Morgan fingerprint density at radius 1 is 1.30 bits per heavy atom. The summed E-state index contributed by atoms with van der Waals surface area (Å²) >= 11 is 3.29. The number of methoxy groups -OCH3 is 2. The number of aromatic amines is 1. The molecule has 1 amide bonds. The molecule has 1 heterocycles. The number of carbonyl (C=O) groups is 1. The van der Waals surface area contributed by atoms with Gasteiger partial charge < -0.3 is 19.8 Å². The van der Waals surface area contributed by atoms with Gasteiger partial charge >= 0.3 is 0 Å². The molecule has 6 heteroatoms. The molecule has 0 radical (unpaired) electrons. The number of benzene rings is 1. The van der Waals surface area contributed by atoms with E-state index in [2.05, 4.69) is 26.2 Å². The van der Waals surface area contributed by atoms with Crippen LogP contribution in [-0.4, -0.2) is 25.1 Å². The minimum atomic E-state index is -0.180. The number of H-pyrrole nitrogens is 1. The van der Waals surface area contributed by atoms with E-state index >= 15 is 0 Å². The van der Waals surface area contributed by atoms with Crippen molar-refractivity contribution in [2.24, 2.45) is 0 Å². The van der Waals surface area contributed by atoms with Gasteiger partial charge in [-0.1, -0.05) is 0 Å². The Morgan fingerprint density at radius 3 is 2.70 bits per heavy atom. The van der Waals surface area contributed by atoms with Crippen molar-refractivity contribution in [1.29, 1.82) is 0 Å². The summed E-state index contributed by atoms with van der Waals surface area (Å²) in [6.07, 6.45) is 1.71.